The quantitative estimate of drug-likeness (QED) is 0.596. The average Bonchev–Trinajstić information content (AvgIpc) is 1.91. The molecule has 10 heavy (non-hydrogen) atoms. The van der Waals surface area contributed by atoms with Gasteiger partial charge in [-0.2, -0.15) is 0 Å². The van der Waals surface area contributed by atoms with Crippen LogP contribution in [0.15, 0.2) is 0 Å². The van der Waals surface area contributed by atoms with E-state index in [4.69, 9.17) is 11.6 Å². The third-order valence-corrected chi connectivity index (χ3v) is 1.77. The Morgan fingerprint density at radius 1 is 1.20 bits per heavy atom. The molecule has 0 heterocycles. The fraction of sp³-hybridized carbons (Fsp3) is 1.00. The molecule has 0 aromatic carbocycles. The van der Waals surface area contributed by atoms with Crippen molar-refractivity contribution in [3.63, 3.8) is 0 Å². The number of hydrogen-bond acceptors (Lipinski definition) is 1. The number of halogens is 2. The Kier molecular flexibility index (Phi) is 12.5. The predicted octanol–water partition coefficient (Wildman–Crippen LogP) is 2.38. The molecule has 0 aromatic rings. The standard InChI is InChI=1S/C7H16ClN.ClH/c1-3-9(4-2)7-5-6-8;/h3-7H2,1-2H3;1H. The third-order valence-electron chi connectivity index (χ3n) is 1.50. The SMILES string of the molecule is CCN(CC)CCCCl.Cl. The van der Waals surface area contributed by atoms with Gasteiger partial charge in [-0.3, -0.25) is 0 Å². The smallest absolute Gasteiger partial charge is 0.0235 e. The van der Waals surface area contributed by atoms with Crippen LogP contribution in [0.5, 0.6) is 0 Å². The van der Waals surface area contributed by atoms with Crippen molar-refractivity contribution in [3.8, 4) is 0 Å². The molecule has 0 aliphatic rings. The summed E-state index contributed by atoms with van der Waals surface area (Å²) in [6.07, 6.45) is 1.11. The number of alkyl halides is 1. The Bertz CT molecular complexity index is 55.6. The van der Waals surface area contributed by atoms with E-state index in [9.17, 15) is 0 Å². The molecule has 3 heteroatoms. The minimum atomic E-state index is 0. The van der Waals surface area contributed by atoms with Crippen molar-refractivity contribution in [1.29, 1.82) is 0 Å². The lowest BCUT2D eigenvalue weighted by Crippen LogP contribution is -2.24. The van der Waals surface area contributed by atoms with Gasteiger partial charge < -0.3 is 4.90 Å². The maximum absolute atomic E-state index is 5.53. The maximum atomic E-state index is 5.53. The first kappa shape index (κ1) is 13.2. The van der Waals surface area contributed by atoms with E-state index in [1.165, 1.54) is 0 Å². The minimum absolute atomic E-state index is 0. The van der Waals surface area contributed by atoms with E-state index in [0.29, 0.717) is 0 Å². The van der Waals surface area contributed by atoms with Gasteiger partial charge in [-0.05, 0) is 26.1 Å². The highest BCUT2D eigenvalue weighted by atomic mass is 35.5. The molecular weight excluding hydrogens is 169 g/mol. The van der Waals surface area contributed by atoms with Gasteiger partial charge in [0.15, 0.2) is 0 Å². The van der Waals surface area contributed by atoms with E-state index in [2.05, 4.69) is 18.7 Å². The lowest BCUT2D eigenvalue weighted by atomic mass is 10.4. The summed E-state index contributed by atoms with van der Waals surface area (Å²) in [5, 5.41) is 0. The van der Waals surface area contributed by atoms with Crippen LogP contribution in [0.2, 0.25) is 0 Å². The monoisotopic (exact) mass is 185 g/mol. The lowest BCUT2D eigenvalue weighted by molar-refractivity contribution is 0.305. The van der Waals surface area contributed by atoms with Gasteiger partial charge in [-0.15, -0.1) is 24.0 Å². The molecule has 0 aliphatic carbocycles. The highest BCUT2D eigenvalue weighted by Gasteiger charge is 1.95. The van der Waals surface area contributed by atoms with E-state index in [0.717, 1.165) is 31.9 Å². The van der Waals surface area contributed by atoms with Gasteiger partial charge in [-0.1, -0.05) is 13.8 Å². The summed E-state index contributed by atoms with van der Waals surface area (Å²) in [5.41, 5.74) is 0. The number of nitrogens with zero attached hydrogens (tertiary/aromatic N) is 1. The van der Waals surface area contributed by atoms with Crippen molar-refractivity contribution in [2.24, 2.45) is 0 Å². The summed E-state index contributed by atoms with van der Waals surface area (Å²) in [4.78, 5) is 2.38. The molecule has 1 nitrogen and oxygen atoms in total. The van der Waals surface area contributed by atoms with Gasteiger partial charge in [0.1, 0.15) is 0 Å². The molecule has 0 aliphatic heterocycles. The normalized spacial score (nSPS) is 9.60. The van der Waals surface area contributed by atoms with E-state index >= 15 is 0 Å². The molecule has 0 bridgehead atoms. The van der Waals surface area contributed by atoms with Crippen molar-refractivity contribution in [2.75, 3.05) is 25.5 Å². The highest BCUT2D eigenvalue weighted by molar-refractivity contribution is 6.17. The van der Waals surface area contributed by atoms with Crippen molar-refractivity contribution in [3.05, 3.63) is 0 Å². The molecule has 0 spiro atoms. The predicted molar refractivity (Wildman–Crippen MR) is 50.4 cm³/mol. The van der Waals surface area contributed by atoms with Crippen LogP contribution >= 0.6 is 24.0 Å². The van der Waals surface area contributed by atoms with Gasteiger partial charge in [0.05, 0.1) is 0 Å². The second-order valence-electron chi connectivity index (χ2n) is 2.07. The van der Waals surface area contributed by atoms with Gasteiger partial charge in [0.25, 0.3) is 0 Å². The molecule has 0 fully saturated rings. The zero-order valence-corrected chi connectivity index (χ0v) is 8.34. The summed E-state index contributed by atoms with van der Waals surface area (Å²) in [7, 11) is 0. The molecule has 0 radical (unpaired) electrons. The van der Waals surface area contributed by atoms with Crippen LogP contribution in [0.3, 0.4) is 0 Å². The minimum Gasteiger partial charge on any atom is -0.304 e. The van der Waals surface area contributed by atoms with Crippen LogP contribution in [0.25, 0.3) is 0 Å². The molecule has 64 valence electrons. The Labute approximate surface area is 75.1 Å². The van der Waals surface area contributed by atoms with Crippen LogP contribution < -0.4 is 0 Å². The topological polar surface area (TPSA) is 3.24 Å². The van der Waals surface area contributed by atoms with Gasteiger partial charge in [-0.25, -0.2) is 0 Å². The first-order valence-corrected chi connectivity index (χ1v) is 4.16. The van der Waals surface area contributed by atoms with Gasteiger partial charge >= 0.3 is 0 Å². The summed E-state index contributed by atoms with van der Waals surface area (Å²) < 4.78 is 0. The van der Waals surface area contributed by atoms with Crippen LogP contribution in [0.1, 0.15) is 20.3 Å². The van der Waals surface area contributed by atoms with E-state index in [1.807, 2.05) is 0 Å². The summed E-state index contributed by atoms with van der Waals surface area (Å²) in [5.74, 6) is 0.788. The Hall–Kier alpha value is 0.540. The number of hydrogen-bond donors (Lipinski definition) is 0. The first-order chi connectivity index (χ1) is 4.35. The maximum Gasteiger partial charge on any atom is 0.0235 e. The van der Waals surface area contributed by atoms with Crippen LogP contribution in [-0.4, -0.2) is 30.4 Å². The zero-order chi connectivity index (χ0) is 7.11. The second-order valence-corrected chi connectivity index (χ2v) is 2.45. The zero-order valence-electron chi connectivity index (χ0n) is 6.77. The van der Waals surface area contributed by atoms with Crippen molar-refractivity contribution in [2.45, 2.75) is 20.3 Å². The van der Waals surface area contributed by atoms with Crippen molar-refractivity contribution >= 4 is 24.0 Å². The molecule has 0 N–H and O–H groups in total. The molecule has 0 saturated carbocycles. The van der Waals surface area contributed by atoms with Crippen LogP contribution in [0, 0.1) is 0 Å². The molecule has 0 rings (SSSR count). The van der Waals surface area contributed by atoms with Gasteiger partial charge in [0.2, 0.25) is 0 Å². The molecule has 0 saturated heterocycles. The van der Waals surface area contributed by atoms with Gasteiger partial charge in [0, 0.05) is 5.88 Å². The lowest BCUT2D eigenvalue weighted by Gasteiger charge is -2.16. The second kappa shape index (κ2) is 9.54. The Balaban J connectivity index is 0. The third kappa shape index (κ3) is 6.66. The molecule has 0 unspecified atom stereocenters. The first-order valence-electron chi connectivity index (χ1n) is 3.63. The fourth-order valence-electron chi connectivity index (χ4n) is 0.823. The Morgan fingerprint density at radius 3 is 2.00 bits per heavy atom. The van der Waals surface area contributed by atoms with Crippen molar-refractivity contribution in [1.82, 2.24) is 4.90 Å². The highest BCUT2D eigenvalue weighted by Crippen LogP contribution is 1.91. The Morgan fingerprint density at radius 2 is 1.70 bits per heavy atom. The summed E-state index contributed by atoms with van der Waals surface area (Å²) in [6, 6.07) is 0. The average molecular weight is 186 g/mol. The van der Waals surface area contributed by atoms with E-state index in [-0.39, 0.29) is 12.4 Å². The van der Waals surface area contributed by atoms with Crippen LogP contribution in [-0.2, 0) is 0 Å². The van der Waals surface area contributed by atoms with Crippen LogP contribution in [0.4, 0.5) is 0 Å². The number of rotatable bonds is 5. The fourth-order valence-corrected chi connectivity index (χ4v) is 0.943. The molecule has 0 amide bonds. The molecule has 0 atom stereocenters. The molecular formula is C7H17Cl2N. The summed E-state index contributed by atoms with van der Waals surface area (Å²) in [6.45, 7) is 7.80. The van der Waals surface area contributed by atoms with E-state index < -0.39 is 0 Å². The van der Waals surface area contributed by atoms with Crippen molar-refractivity contribution < 1.29 is 0 Å². The van der Waals surface area contributed by atoms with E-state index in [1.54, 1.807) is 0 Å². The largest absolute Gasteiger partial charge is 0.304 e. The molecule has 0 aromatic heterocycles. The summed E-state index contributed by atoms with van der Waals surface area (Å²) >= 11 is 5.53.